The van der Waals surface area contributed by atoms with Gasteiger partial charge in [-0.25, -0.2) is 15.0 Å². The second-order valence-corrected chi connectivity index (χ2v) is 9.03. The maximum absolute atomic E-state index is 6.29. The molecule has 0 aliphatic carbocycles. The number of nitrogen functional groups attached to an aromatic ring is 1. The molecule has 0 saturated heterocycles. The molecule has 0 bridgehead atoms. The molecule has 4 rings (SSSR count). The summed E-state index contributed by atoms with van der Waals surface area (Å²) in [6.07, 6.45) is 3.47. The van der Waals surface area contributed by atoms with Crippen molar-refractivity contribution in [2.45, 2.75) is 30.4 Å². The molecule has 0 amide bonds. The van der Waals surface area contributed by atoms with Crippen LogP contribution in [0.4, 0.5) is 5.82 Å². The standard InChI is InChI=1S/C21H20ClN7S2/c1-3-24-9-13-10-26-16(11-25-13)20-29-19(23)18(31-20)15-8-12(2)27-21(28-15)30-17-7-5-4-6-14(17)22/h4-8,10-11,24H,3,9,23H2,1-2H3. The first kappa shape index (κ1) is 21.6. The quantitative estimate of drug-likeness (QED) is 0.370. The summed E-state index contributed by atoms with van der Waals surface area (Å²) < 4.78 is 0. The summed E-state index contributed by atoms with van der Waals surface area (Å²) in [4.78, 5) is 24.3. The number of anilines is 1. The first-order valence-corrected chi connectivity index (χ1v) is 11.6. The fraction of sp³-hybridized carbons (Fsp3) is 0.190. The van der Waals surface area contributed by atoms with Gasteiger partial charge in [-0.15, -0.1) is 11.3 Å². The van der Waals surface area contributed by atoms with Gasteiger partial charge in [0.05, 0.1) is 33.7 Å². The van der Waals surface area contributed by atoms with Gasteiger partial charge >= 0.3 is 0 Å². The van der Waals surface area contributed by atoms with Crippen molar-refractivity contribution in [3.8, 4) is 21.3 Å². The Balaban J connectivity index is 1.62. The third kappa shape index (κ3) is 5.19. The molecule has 3 N–H and O–H groups in total. The van der Waals surface area contributed by atoms with Gasteiger partial charge in [-0.3, -0.25) is 9.97 Å². The summed E-state index contributed by atoms with van der Waals surface area (Å²) in [6, 6.07) is 9.51. The number of rotatable bonds is 7. The van der Waals surface area contributed by atoms with Gasteiger partial charge in [0, 0.05) is 17.1 Å². The van der Waals surface area contributed by atoms with Crippen LogP contribution in [0.2, 0.25) is 5.02 Å². The molecule has 0 atom stereocenters. The molecule has 4 aromatic rings. The van der Waals surface area contributed by atoms with Gasteiger partial charge < -0.3 is 11.1 Å². The van der Waals surface area contributed by atoms with Crippen LogP contribution in [0.3, 0.4) is 0 Å². The summed E-state index contributed by atoms with van der Waals surface area (Å²) in [5.41, 5.74) is 9.35. The van der Waals surface area contributed by atoms with Crippen LogP contribution in [0.25, 0.3) is 21.3 Å². The number of benzene rings is 1. The number of halogens is 1. The molecule has 10 heteroatoms. The average molecular weight is 470 g/mol. The Morgan fingerprint density at radius 2 is 1.94 bits per heavy atom. The van der Waals surface area contributed by atoms with Gasteiger partial charge in [0.1, 0.15) is 16.5 Å². The molecule has 0 unspecified atom stereocenters. The van der Waals surface area contributed by atoms with Gasteiger partial charge in [-0.1, -0.05) is 30.7 Å². The minimum absolute atomic E-state index is 0.408. The molecule has 158 valence electrons. The minimum Gasteiger partial charge on any atom is -0.382 e. The molecular formula is C21H20ClN7S2. The van der Waals surface area contributed by atoms with Gasteiger partial charge in [-0.05, 0) is 43.4 Å². The van der Waals surface area contributed by atoms with E-state index < -0.39 is 0 Å². The topological polar surface area (TPSA) is 102 Å². The van der Waals surface area contributed by atoms with E-state index in [1.165, 1.54) is 23.1 Å². The highest BCUT2D eigenvalue weighted by molar-refractivity contribution is 7.99. The smallest absolute Gasteiger partial charge is 0.193 e. The predicted molar refractivity (Wildman–Crippen MR) is 126 cm³/mol. The molecule has 0 radical (unpaired) electrons. The molecule has 3 heterocycles. The lowest BCUT2D eigenvalue weighted by Gasteiger charge is -2.06. The highest BCUT2D eigenvalue weighted by Crippen LogP contribution is 2.37. The van der Waals surface area contributed by atoms with Crippen LogP contribution in [-0.4, -0.2) is 31.5 Å². The van der Waals surface area contributed by atoms with Crippen molar-refractivity contribution >= 4 is 40.5 Å². The Bertz CT molecular complexity index is 1190. The summed E-state index contributed by atoms with van der Waals surface area (Å²) in [6.45, 7) is 5.54. The number of nitrogens with zero attached hydrogens (tertiary/aromatic N) is 5. The molecule has 0 spiro atoms. The molecular weight excluding hydrogens is 450 g/mol. The fourth-order valence-electron chi connectivity index (χ4n) is 2.76. The van der Waals surface area contributed by atoms with Crippen LogP contribution >= 0.6 is 34.7 Å². The minimum atomic E-state index is 0.408. The number of hydrogen-bond donors (Lipinski definition) is 2. The van der Waals surface area contributed by atoms with Crippen LogP contribution in [0, 0.1) is 6.92 Å². The number of thiazole rings is 1. The van der Waals surface area contributed by atoms with E-state index in [1.807, 2.05) is 37.3 Å². The van der Waals surface area contributed by atoms with E-state index in [0.29, 0.717) is 33.2 Å². The SMILES string of the molecule is CCNCc1cnc(-c2nc(N)c(-c3cc(C)nc(Sc4ccccc4Cl)n3)s2)cn1. The Morgan fingerprint density at radius 1 is 1.10 bits per heavy atom. The molecule has 1 aromatic carbocycles. The van der Waals surface area contributed by atoms with Crippen molar-refractivity contribution in [3.05, 3.63) is 59.1 Å². The molecule has 0 fully saturated rings. The first-order valence-electron chi connectivity index (χ1n) is 9.60. The molecule has 31 heavy (non-hydrogen) atoms. The normalized spacial score (nSPS) is 11.1. The Morgan fingerprint density at radius 3 is 2.68 bits per heavy atom. The zero-order valence-electron chi connectivity index (χ0n) is 17.0. The van der Waals surface area contributed by atoms with E-state index in [0.717, 1.165) is 33.4 Å². The lowest BCUT2D eigenvalue weighted by molar-refractivity contribution is 0.707. The molecule has 3 aromatic heterocycles. The molecule has 7 nitrogen and oxygen atoms in total. The number of aromatic nitrogens is 5. The Labute approximate surface area is 193 Å². The van der Waals surface area contributed by atoms with Crippen molar-refractivity contribution in [2.24, 2.45) is 0 Å². The summed E-state index contributed by atoms with van der Waals surface area (Å²) in [5, 5.41) is 5.19. The third-order valence-corrected chi connectivity index (χ3v) is 6.74. The Kier molecular flexibility index (Phi) is 6.77. The second-order valence-electron chi connectivity index (χ2n) is 6.62. The van der Waals surface area contributed by atoms with Crippen LogP contribution in [0.1, 0.15) is 18.3 Å². The highest BCUT2D eigenvalue weighted by atomic mass is 35.5. The van der Waals surface area contributed by atoms with Crippen LogP contribution in [0.15, 0.2) is 52.8 Å². The van der Waals surface area contributed by atoms with Gasteiger partial charge in [0.25, 0.3) is 0 Å². The third-order valence-electron chi connectivity index (χ3n) is 4.24. The van der Waals surface area contributed by atoms with Gasteiger partial charge in [-0.2, -0.15) is 0 Å². The van der Waals surface area contributed by atoms with Crippen molar-refractivity contribution in [3.63, 3.8) is 0 Å². The molecule has 0 aliphatic rings. The van der Waals surface area contributed by atoms with Crippen LogP contribution < -0.4 is 11.1 Å². The van der Waals surface area contributed by atoms with E-state index in [4.69, 9.17) is 22.3 Å². The van der Waals surface area contributed by atoms with Gasteiger partial charge in [0.15, 0.2) is 5.16 Å². The highest BCUT2D eigenvalue weighted by Gasteiger charge is 2.17. The fourth-order valence-corrected chi connectivity index (χ4v) is 4.76. The Hall–Kier alpha value is -2.59. The maximum atomic E-state index is 6.29. The number of aryl methyl sites for hydroxylation is 1. The summed E-state index contributed by atoms with van der Waals surface area (Å²) in [5.74, 6) is 0.408. The van der Waals surface area contributed by atoms with Gasteiger partial charge in [0.2, 0.25) is 0 Å². The van der Waals surface area contributed by atoms with Crippen LogP contribution in [-0.2, 0) is 6.54 Å². The van der Waals surface area contributed by atoms with E-state index in [2.05, 4.69) is 32.2 Å². The van der Waals surface area contributed by atoms with E-state index in [9.17, 15) is 0 Å². The van der Waals surface area contributed by atoms with Crippen molar-refractivity contribution in [2.75, 3.05) is 12.3 Å². The number of hydrogen-bond acceptors (Lipinski definition) is 9. The summed E-state index contributed by atoms with van der Waals surface area (Å²) >= 11 is 9.14. The average Bonchev–Trinajstić information content (AvgIpc) is 3.15. The van der Waals surface area contributed by atoms with Crippen LogP contribution in [0.5, 0.6) is 0 Å². The zero-order valence-corrected chi connectivity index (χ0v) is 19.4. The largest absolute Gasteiger partial charge is 0.382 e. The molecule has 0 saturated carbocycles. The zero-order chi connectivity index (χ0) is 21.8. The number of nitrogens with two attached hydrogens (primary N) is 1. The lowest BCUT2D eigenvalue weighted by Crippen LogP contribution is -2.13. The lowest BCUT2D eigenvalue weighted by atomic mass is 10.3. The predicted octanol–water partition coefficient (Wildman–Crippen LogP) is 4.86. The monoisotopic (exact) mass is 469 g/mol. The van der Waals surface area contributed by atoms with Crippen molar-refractivity contribution < 1.29 is 0 Å². The number of nitrogens with one attached hydrogen (secondary N) is 1. The van der Waals surface area contributed by atoms with Crippen molar-refractivity contribution in [1.82, 2.24) is 30.2 Å². The van der Waals surface area contributed by atoms with E-state index in [1.54, 1.807) is 12.4 Å². The maximum Gasteiger partial charge on any atom is 0.193 e. The second kappa shape index (κ2) is 9.69. The van der Waals surface area contributed by atoms with E-state index >= 15 is 0 Å². The summed E-state index contributed by atoms with van der Waals surface area (Å²) in [7, 11) is 0. The molecule has 0 aliphatic heterocycles. The van der Waals surface area contributed by atoms with E-state index in [-0.39, 0.29) is 0 Å². The van der Waals surface area contributed by atoms with Crippen molar-refractivity contribution in [1.29, 1.82) is 0 Å². The first-order chi connectivity index (χ1) is 15.0.